The number of hydrogen-bond donors (Lipinski definition) is 2. The molecule has 0 aliphatic carbocycles. The van der Waals surface area contributed by atoms with Gasteiger partial charge in [-0.25, -0.2) is 0 Å². The second-order valence-electron chi connectivity index (χ2n) is 3.63. The van der Waals surface area contributed by atoms with Gasteiger partial charge in [-0.05, 0) is 0 Å². The third-order valence-corrected chi connectivity index (χ3v) is 2.20. The average molecular weight is 226 g/mol. The quantitative estimate of drug-likeness (QED) is 0.679. The van der Waals surface area contributed by atoms with Crippen LogP contribution in [0.2, 0.25) is 0 Å². The van der Waals surface area contributed by atoms with Crippen LogP contribution >= 0.6 is 0 Å². The van der Waals surface area contributed by atoms with E-state index in [9.17, 15) is 3.74 Å². The van der Waals surface area contributed by atoms with Crippen molar-refractivity contribution >= 4 is 14.5 Å². The molecule has 0 saturated heterocycles. The molecule has 4 nitrogen and oxygen atoms in total. The van der Waals surface area contributed by atoms with Crippen LogP contribution in [0, 0.1) is 5.41 Å². The van der Waals surface area contributed by atoms with Crippen molar-refractivity contribution in [2.24, 2.45) is 5.41 Å². The van der Waals surface area contributed by atoms with Crippen molar-refractivity contribution < 1.29 is 15.7 Å². The summed E-state index contributed by atoms with van der Waals surface area (Å²) in [4.78, 5) is 0. The molecular formula is C6H15AsO4. The van der Waals surface area contributed by atoms with E-state index in [0.717, 1.165) is 0 Å². The fourth-order valence-corrected chi connectivity index (χ4v) is 1.16. The molecule has 68 valence electrons. The Morgan fingerprint density at radius 2 is 1.82 bits per heavy atom. The zero-order chi connectivity index (χ0) is 9.12. The normalized spacial score (nSPS) is 13.5. The first-order valence-electron chi connectivity index (χ1n) is 3.41. The summed E-state index contributed by atoms with van der Waals surface area (Å²) in [6.07, 6.45) is 0.652. The van der Waals surface area contributed by atoms with Crippen molar-refractivity contribution in [3.05, 3.63) is 0 Å². The Balaban J connectivity index is 3.52. The van der Waals surface area contributed by atoms with Gasteiger partial charge in [0.15, 0.2) is 0 Å². The van der Waals surface area contributed by atoms with Gasteiger partial charge in [0.1, 0.15) is 0 Å². The summed E-state index contributed by atoms with van der Waals surface area (Å²) < 4.78 is 31.3. The van der Waals surface area contributed by atoms with Crippen LogP contribution in [0.5, 0.6) is 0 Å². The van der Waals surface area contributed by atoms with E-state index in [2.05, 4.69) is 3.73 Å². The topological polar surface area (TPSA) is 66.8 Å². The van der Waals surface area contributed by atoms with Crippen LogP contribution in [-0.2, 0) is 7.47 Å². The summed E-state index contributed by atoms with van der Waals surface area (Å²) in [5.74, 6) is 0. The van der Waals surface area contributed by atoms with Crippen LogP contribution in [0.15, 0.2) is 0 Å². The van der Waals surface area contributed by atoms with Gasteiger partial charge in [0.05, 0.1) is 0 Å². The molecule has 0 aromatic heterocycles. The first kappa shape index (κ1) is 11.2. The predicted octanol–water partition coefficient (Wildman–Crippen LogP) is 0.290. The maximum atomic E-state index is 10.3. The molecule has 0 bridgehead atoms. The molecule has 11 heavy (non-hydrogen) atoms. The van der Waals surface area contributed by atoms with E-state index < -0.39 is 14.5 Å². The van der Waals surface area contributed by atoms with Crippen LogP contribution in [0.25, 0.3) is 0 Å². The molecule has 0 aromatic rings. The Morgan fingerprint density at radius 3 is 2.09 bits per heavy atom. The second-order valence-corrected chi connectivity index (χ2v) is 6.23. The minimum absolute atomic E-state index is 0.0605. The molecule has 0 radical (unpaired) electrons. The third kappa shape index (κ3) is 10.2. The van der Waals surface area contributed by atoms with Crippen LogP contribution in [0.4, 0.5) is 0 Å². The molecular weight excluding hydrogens is 211 g/mol. The van der Waals surface area contributed by atoms with Gasteiger partial charge in [0.25, 0.3) is 0 Å². The van der Waals surface area contributed by atoms with E-state index in [0.29, 0.717) is 6.42 Å². The zero-order valence-corrected chi connectivity index (χ0v) is 8.95. The minimum atomic E-state index is -4.81. The van der Waals surface area contributed by atoms with Gasteiger partial charge in [-0.2, -0.15) is 0 Å². The van der Waals surface area contributed by atoms with Gasteiger partial charge < -0.3 is 0 Å². The summed E-state index contributed by atoms with van der Waals surface area (Å²) in [5.41, 5.74) is 0.0605. The first-order chi connectivity index (χ1) is 4.71. The maximum absolute atomic E-state index is 10.3. The molecule has 0 saturated carbocycles. The van der Waals surface area contributed by atoms with E-state index in [1.807, 2.05) is 20.8 Å². The van der Waals surface area contributed by atoms with E-state index >= 15 is 0 Å². The molecule has 5 heteroatoms. The Morgan fingerprint density at radius 1 is 1.36 bits per heavy atom. The Labute approximate surface area is 69.9 Å². The number of hydrogen-bond acceptors (Lipinski definition) is 2. The Bertz CT molecular complexity index is 154. The molecule has 0 aromatic carbocycles. The standard InChI is InChI=1S/C6H15AsO4/c1-6(2,3)4-5-11-7(8,9)10/h4-5H2,1-3H3,(H2,8,9,10). The summed E-state index contributed by atoms with van der Waals surface area (Å²) in [6.45, 7) is 6.10. The van der Waals surface area contributed by atoms with Crippen molar-refractivity contribution in [3.8, 4) is 0 Å². The van der Waals surface area contributed by atoms with Crippen LogP contribution in [0.3, 0.4) is 0 Å². The van der Waals surface area contributed by atoms with E-state index in [1.165, 1.54) is 0 Å². The summed E-state index contributed by atoms with van der Waals surface area (Å²) in [6, 6.07) is 0. The summed E-state index contributed by atoms with van der Waals surface area (Å²) in [5, 5.41) is 0. The third-order valence-electron chi connectivity index (χ3n) is 1.11. The molecule has 0 aliphatic rings. The van der Waals surface area contributed by atoms with Crippen LogP contribution in [0.1, 0.15) is 27.2 Å². The van der Waals surface area contributed by atoms with E-state index in [1.54, 1.807) is 0 Å². The first-order valence-corrected chi connectivity index (χ1v) is 6.62. The molecule has 0 atom stereocenters. The molecule has 0 heterocycles. The zero-order valence-electron chi connectivity index (χ0n) is 7.07. The summed E-state index contributed by atoms with van der Waals surface area (Å²) in [7, 11) is 0. The molecule has 2 N–H and O–H groups in total. The Kier molecular flexibility index (Phi) is 3.84. The SMILES string of the molecule is CC(C)(C)CCO[As](=O)(O)O. The van der Waals surface area contributed by atoms with Gasteiger partial charge >= 0.3 is 69.4 Å². The van der Waals surface area contributed by atoms with Crippen molar-refractivity contribution in [1.29, 1.82) is 0 Å². The van der Waals surface area contributed by atoms with Crippen molar-refractivity contribution in [2.45, 2.75) is 27.2 Å². The molecule has 0 unspecified atom stereocenters. The van der Waals surface area contributed by atoms with Gasteiger partial charge in [-0.15, -0.1) is 0 Å². The van der Waals surface area contributed by atoms with Gasteiger partial charge in [0.2, 0.25) is 0 Å². The molecule has 0 aliphatic heterocycles. The molecule has 0 spiro atoms. The van der Waals surface area contributed by atoms with Crippen molar-refractivity contribution in [1.82, 2.24) is 0 Å². The molecule has 0 rings (SSSR count). The Hall–Kier alpha value is 0.238. The molecule has 0 fully saturated rings. The van der Waals surface area contributed by atoms with E-state index in [4.69, 9.17) is 8.19 Å². The average Bonchev–Trinajstić information content (AvgIpc) is 1.55. The molecule has 0 amide bonds. The monoisotopic (exact) mass is 226 g/mol. The van der Waals surface area contributed by atoms with Crippen molar-refractivity contribution in [2.75, 3.05) is 6.61 Å². The predicted molar refractivity (Wildman–Crippen MR) is 40.9 cm³/mol. The van der Waals surface area contributed by atoms with E-state index in [-0.39, 0.29) is 12.0 Å². The van der Waals surface area contributed by atoms with Gasteiger partial charge in [0, 0.05) is 0 Å². The fraction of sp³-hybridized carbons (Fsp3) is 1.00. The second kappa shape index (κ2) is 3.76. The number of rotatable bonds is 3. The van der Waals surface area contributed by atoms with Gasteiger partial charge in [-0.3, -0.25) is 0 Å². The van der Waals surface area contributed by atoms with Gasteiger partial charge in [-0.1, -0.05) is 0 Å². The van der Waals surface area contributed by atoms with Crippen LogP contribution in [-0.4, -0.2) is 29.3 Å². The summed E-state index contributed by atoms with van der Waals surface area (Å²) >= 11 is -4.81. The van der Waals surface area contributed by atoms with Crippen LogP contribution < -0.4 is 0 Å². The van der Waals surface area contributed by atoms with Crippen molar-refractivity contribution in [3.63, 3.8) is 0 Å². The fourth-order valence-electron chi connectivity index (χ4n) is 0.471.